The fourth-order valence-electron chi connectivity index (χ4n) is 8.30. The average Bonchev–Trinajstić information content (AvgIpc) is 3.17. The van der Waals surface area contributed by atoms with E-state index in [1.54, 1.807) is 26.2 Å². The molecule has 2 N–H and O–H groups in total. The smallest absolute Gasteiger partial charge is 0.264 e. The lowest BCUT2D eigenvalue weighted by Crippen LogP contribution is -2.53. The second kappa shape index (κ2) is 13.1. The molecule has 0 saturated heterocycles. The largest absolute Gasteiger partial charge is 0.490 e. The summed E-state index contributed by atoms with van der Waals surface area (Å²) < 4.78 is 42.1. The molecule has 8 nitrogen and oxygen atoms in total. The highest BCUT2D eigenvalue weighted by atomic mass is 35.5. The summed E-state index contributed by atoms with van der Waals surface area (Å²) in [4.78, 5) is 15.9. The number of allylic oxidation sites excluding steroid dienone is 1. The Kier molecular flexibility index (Phi) is 9.51. The highest BCUT2D eigenvalue weighted by molar-refractivity contribution is 7.90. The summed E-state index contributed by atoms with van der Waals surface area (Å²) in [6.07, 6.45) is 11.0. The van der Waals surface area contributed by atoms with E-state index in [0.717, 1.165) is 49.4 Å². The number of benzene rings is 2. The highest BCUT2D eigenvalue weighted by Gasteiger charge is 2.49. The van der Waals surface area contributed by atoms with E-state index in [1.165, 1.54) is 11.1 Å². The Labute approximate surface area is 278 Å². The number of sulfonamides is 1. The zero-order valence-corrected chi connectivity index (χ0v) is 28.7. The molecule has 2 aromatic rings. The fraction of sp³-hybridized carbons (Fsp3) is 0.583. The van der Waals surface area contributed by atoms with Crippen LogP contribution in [0.3, 0.4) is 0 Å². The molecule has 6 atom stereocenters. The van der Waals surface area contributed by atoms with Gasteiger partial charge in [-0.25, -0.2) is 13.1 Å². The molecule has 1 amide bonds. The van der Waals surface area contributed by atoms with Gasteiger partial charge in [0, 0.05) is 42.8 Å². The van der Waals surface area contributed by atoms with Crippen LogP contribution >= 0.6 is 11.6 Å². The summed E-state index contributed by atoms with van der Waals surface area (Å²) in [6.45, 7) is 5.54. The Hall–Kier alpha value is -2.59. The molecule has 46 heavy (non-hydrogen) atoms. The topological polar surface area (TPSA) is 105 Å². The average molecular weight is 671 g/mol. The molecular formula is C36H47ClN2O6S. The second-order valence-corrected chi connectivity index (χ2v) is 16.5. The quantitative estimate of drug-likeness (QED) is 0.382. The van der Waals surface area contributed by atoms with E-state index in [0.29, 0.717) is 44.1 Å². The third-order valence-electron chi connectivity index (χ3n) is 11.3. The van der Waals surface area contributed by atoms with Crippen molar-refractivity contribution in [2.24, 2.45) is 17.8 Å². The van der Waals surface area contributed by atoms with Gasteiger partial charge in [0.25, 0.3) is 5.91 Å². The molecule has 6 rings (SSSR count). The van der Waals surface area contributed by atoms with Crippen LogP contribution in [0.1, 0.15) is 80.3 Å². The van der Waals surface area contributed by atoms with Crippen molar-refractivity contribution in [3.63, 3.8) is 0 Å². The molecule has 2 aromatic carbocycles. The van der Waals surface area contributed by atoms with Gasteiger partial charge >= 0.3 is 0 Å². The van der Waals surface area contributed by atoms with Gasteiger partial charge in [0.05, 0.1) is 23.1 Å². The summed E-state index contributed by atoms with van der Waals surface area (Å²) >= 11 is 6.44. The van der Waals surface area contributed by atoms with Crippen LogP contribution in [-0.4, -0.2) is 63.7 Å². The number of hydrogen-bond donors (Lipinski definition) is 2. The summed E-state index contributed by atoms with van der Waals surface area (Å²) in [7, 11) is -2.20. The Morgan fingerprint density at radius 3 is 2.74 bits per heavy atom. The lowest BCUT2D eigenvalue weighted by atomic mass is 9.62. The lowest BCUT2D eigenvalue weighted by Gasteiger charge is -2.50. The van der Waals surface area contributed by atoms with Crippen LogP contribution in [-0.2, 0) is 26.6 Å². The number of aliphatic hydroxyl groups is 1. The van der Waals surface area contributed by atoms with E-state index in [-0.39, 0.29) is 29.4 Å². The minimum atomic E-state index is -3.95. The number of carbonyl (C=O) groups excluding carboxylic acids is 1. The first kappa shape index (κ1) is 33.3. The van der Waals surface area contributed by atoms with Gasteiger partial charge < -0.3 is 19.5 Å². The van der Waals surface area contributed by atoms with Crippen LogP contribution in [0.15, 0.2) is 48.6 Å². The van der Waals surface area contributed by atoms with Crippen molar-refractivity contribution >= 4 is 33.2 Å². The maximum atomic E-state index is 13.5. The molecule has 0 unspecified atom stereocenters. The van der Waals surface area contributed by atoms with Crippen molar-refractivity contribution in [1.29, 1.82) is 0 Å². The summed E-state index contributed by atoms with van der Waals surface area (Å²) in [5, 5.41) is 9.76. The Morgan fingerprint density at radius 1 is 1.17 bits per heavy atom. The summed E-state index contributed by atoms with van der Waals surface area (Å²) in [5.41, 5.74) is 2.76. The van der Waals surface area contributed by atoms with Gasteiger partial charge in [-0.1, -0.05) is 36.7 Å². The summed E-state index contributed by atoms with van der Waals surface area (Å²) in [6, 6.07) is 11.5. The van der Waals surface area contributed by atoms with E-state index < -0.39 is 26.8 Å². The molecule has 0 aromatic heterocycles. The van der Waals surface area contributed by atoms with Crippen LogP contribution in [0.5, 0.6) is 5.75 Å². The van der Waals surface area contributed by atoms with Crippen LogP contribution in [0.4, 0.5) is 5.69 Å². The molecule has 2 heterocycles. The van der Waals surface area contributed by atoms with Crippen molar-refractivity contribution in [1.82, 2.24) is 4.72 Å². The van der Waals surface area contributed by atoms with Crippen molar-refractivity contribution in [2.75, 3.05) is 38.3 Å². The first-order valence-electron chi connectivity index (χ1n) is 16.7. The molecule has 2 aliphatic heterocycles. The van der Waals surface area contributed by atoms with Gasteiger partial charge in [-0.05, 0) is 118 Å². The number of ether oxygens (including phenoxy) is 2. The number of nitrogens with one attached hydrogen (secondary N) is 1. The van der Waals surface area contributed by atoms with Crippen LogP contribution in [0.25, 0.3) is 0 Å². The van der Waals surface area contributed by atoms with Crippen molar-refractivity contribution in [2.45, 2.75) is 81.5 Å². The van der Waals surface area contributed by atoms with Crippen molar-refractivity contribution < 1.29 is 27.8 Å². The Morgan fingerprint density at radius 2 is 2.00 bits per heavy atom. The maximum absolute atomic E-state index is 13.5. The number of nitrogens with zero attached hydrogens (tertiary/aromatic N) is 1. The SMILES string of the molecule is CO[C@@]1(CCCO)/C=C/C[C@H](C)[C@@H](C)S(=O)(=O)NC(=O)c2ccc3c(c2)N(C[C@@H]2CC[C@H]21)C[C@@]1(CCCc2cc(Cl)ccc21)CO3. The molecule has 2 bridgehead atoms. The maximum Gasteiger partial charge on any atom is 0.264 e. The van der Waals surface area contributed by atoms with E-state index in [1.807, 2.05) is 25.1 Å². The fourth-order valence-corrected chi connectivity index (χ4v) is 9.78. The minimum absolute atomic E-state index is 0.0767. The van der Waals surface area contributed by atoms with Crippen molar-refractivity contribution in [3.8, 4) is 5.75 Å². The molecule has 2 aliphatic carbocycles. The molecular weight excluding hydrogens is 624 g/mol. The third kappa shape index (κ3) is 6.20. The summed E-state index contributed by atoms with van der Waals surface area (Å²) in [5.74, 6) is 0.345. The number of rotatable bonds is 4. The third-order valence-corrected chi connectivity index (χ3v) is 13.5. The van der Waals surface area contributed by atoms with Gasteiger partial charge in [0.2, 0.25) is 10.0 Å². The lowest BCUT2D eigenvalue weighted by molar-refractivity contribution is -0.0824. The number of halogens is 1. The number of amides is 1. The van der Waals surface area contributed by atoms with Crippen LogP contribution in [0.2, 0.25) is 5.02 Å². The number of fused-ring (bicyclic) bond motifs is 4. The molecule has 250 valence electrons. The van der Waals surface area contributed by atoms with Gasteiger partial charge in [0.1, 0.15) is 5.75 Å². The van der Waals surface area contributed by atoms with Gasteiger partial charge in [-0.3, -0.25) is 4.79 Å². The van der Waals surface area contributed by atoms with E-state index in [9.17, 15) is 18.3 Å². The standard InChI is InChI=1S/C36H47ClN2O6S/c1-24-7-4-16-36(44-3,17-6-18-40)31-12-9-28(31)21-39-22-35(15-5-8-26-19-29(37)11-13-30(26)35)23-45-33-14-10-27(20-32(33)39)34(41)38-46(42,43)25(24)2/h4,10-11,13-14,16,19-20,24-25,28,31,40H,5-9,12,15,17-18,21-23H2,1-3H3,(H,38,41)/b16-4+/t24-,25+,28-,31+,35-,36+/m0/s1. The number of anilines is 1. The molecule has 1 spiro atoms. The Balaban J connectivity index is 1.46. The molecule has 10 heteroatoms. The number of hydrogen-bond acceptors (Lipinski definition) is 7. The van der Waals surface area contributed by atoms with E-state index in [2.05, 4.69) is 27.8 Å². The van der Waals surface area contributed by atoms with Crippen molar-refractivity contribution in [3.05, 3.63) is 70.3 Å². The van der Waals surface area contributed by atoms with Crippen LogP contribution in [0, 0.1) is 17.8 Å². The van der Waals surface area contributed by atoms with Gasteiger partial charge in [-0.15, -0.1) is 0 Å². The monoisotopic (exact) mass is 670 g/mol. The molecule has 1 fully saturated rings. The zero-order chi connectivity index (χ0) is 32.7. The molecule has 4 aliphatic rings. The normalized spacial score (nSPS) is 33.1. The number of aryl methyl sites for hydroxylation is 1. The predicted molar refractivity (Wildman–Crippen MR) is 181 cm³/mol. The highest BCUT2D eigenvalue weighted by Crippen LogP contribution is 2.50. The molecule has 1 saturated carbocycles. The zero-order valence-electron chi connectivity index (χ0n) is 27.1. The first-order valence-corrected chi connectivity index (χ1v) is 18.6. The Bertz CT molecular complexity index is 1600. The number of methoxy groups -OCH3 is 1. The van der Waals surface area contributed by atoms with Gasteiger partial charge in [-0.2, -0.15) is 0 Å². The predicted octanol–water partition coefficient (Wildman–Crippen LogP) is 6.04. The van der Waals surface area contributed by atoms with E-state index in [4.69, 9.17) is 21.1 Å². The van der Waals surface area contributed by atoms with Gasteiger partial charge in [0.15, 0.2) is 0 Å². The first-order chi connectivity index (χ1) is 22.0. The minimum Gasteiger partial charge on any atom is -0.490 e. The molecule has 0 radical (unpaired) electrons. The second-order valence-electron chi connectivity index (χ2n) is 14.0. The van der Waals surface area contributed by atoms with E-state index >= 15 is 0 Å². The number of aliphatic hydroxyl groups excluding tert-OH is 1. The van der Waals surface area contributed by atoms with Crippen LogP contribution < -0.4 is 14.4 Å². The number of carbonyl (C=O) groups is 1.